The Morgan fingerprint density at radius 3 is 2.72 bits per heavy atom. The number of nitro groups is 1. The SMILES string of the molecule is COC(=O)CSc1nc(C(=O)O)ccc1[N+](=O)[O-]. The molecule has 0 spiro atoms. The van der Waals surface area contributed by atoms with Crippen LogP contribution in [0.15, 0.2) is 17.2 Å². The molecule has 0 saturated carbocycles. The van der Waals surface area contributed by atoms with Gasteiger partial charge in [-0.1, -0.05) is 11.8 Å². The van der Waals surface area contributed by atoms with Crippen LogP contribution < -0.4 is 0 Å². The number of rotatable bonds is 5. The van der Waals surface area contributed by atoms with Crippen LogP contribution in [0.1, 0.15) is 10.5 Å². The van der Waals surface area contributed by atoms with Crippen molar-refractivity contribution in [2.75, 3.05) is 12.9 Å². The fourth-order valence-corrected chi connectivity index (χ4v) is 1.81. The van der Waals surface area contributed by atoms with Crippen molar-refractivity contribution in [3.63, 3.8) is 0 Å². The number of carboxylic acid groups (broad SMARTS) is 1. The molecule has 0 aliphatic rings. The summed E-state index contributed by atoms with van der Waals surface area (Å²) < 4.78 is 4.38. The largest absolute Gasteiger partial charge is 0.477 e. The van der Waals surface area contributed by atoms with Crippen LogP contribution in [0.5, 0.6) is 0 Å². The molecule has 1 heterocycles. The van der Waals surface area contributed by atoms with E-state index in [4.69, 9.17) is 5.11 Å². The maximum Gasteiger partial charge on any atom is 0.354 e. The van der Waals surface area contributed by atoms with Gasteiger partial charge in [-0.2, -0.15) is 0 Å². The smallest absolute Gasteiger partial charge is 0.354 e. The zero-order chi connectivity index (χ0) is 13.7. The molecular weight excluding hydrogens is 264 g/mol. The van der Waals surface area contributed by atoms with E-state index in [2.05, 4.69) is 9.72 Å². The number of hydrogen-bond donors (Lipinski definition) is 1. The molecule has 8 nitrogen and oxygen atoms in total. The number of esters is 1. The summed E-state index contributed by atoms with van der Waals surface area (Å²) >= 11 is 0.749. The molecule has 0 unspecified atom stereocenters. The van der Waals surface area contributed by atoms with Crippen molar-refractivity contribution in [2.45, 2.75) is 5.03 Å². The van der Waals surface area contributed by atoms with Gasteiger partial charge in [-0.3, -0.25) is 14.9 Å². The zero-order valence-corrected chi connectivity index (χ0v) is 9.97. The molecule has 1 rings (SSSR count). The first-order valence-corrected chi connectivity index (χ1v) is 5.52. The number of thioether (sulfide) groups is 1. The number of carboxylic acids is 1. The first kappa shape index (κ1) is 13.9. The third-order valence-corrected chi connectivity index (χ3v) is 2.76. The first-order valence-electron chi connectivity index (χ1n) is 4.54. The highest BCUT2D eigenvalue weighted by atomic mass is 32.2. The van der Waals surface area contributed by atoms with Gasteiger partial charge in [-0.15, -0.1) is 0 Å². The fourth-order valence-electron chi connectivity index (χ4n) is 0.984. The molecule has 18 heavy (non-hydrogen) atoms. The van der Waals surface area contributed by atoms with Gasteiger partial charge in [0.15, 0.2) is 5.03 Å². The van der Waals surface area contributed by atoms with Gasteiger partial charge in [0.05, 0.1) is 17.8 Å². The number of methoxy groups -OCH3 is 1. The summed E-state index contributed by atoms with van der Waals surface area (Å²) in [5, 5.41) is 19.3. The molecule has 96 valence electrons. The molecule has 0 bridgehead atoms. The van der Waals surface area contributed by atoms with Crippen LogP contribution in [-0.4, -0.2) is 39.8 Å². The molecule has 1 aromatic rings. The Bertz CT molecular complexity index is 504. The van der Waals surface area contributed by atoms with Gasteiger partial charge in [0.1, 0.15) is 5.69 Å². The van der Waals surface area contributed by atoms with Crippen molar-refractivity contribution < 1.29 is 24.4 Å². The standard InChI is InChI=1S/C9H8N2O6S/c1-17-7(12)4-18-8-6(11(15)16)3-2-5(10-8)9(13)14/h2-3H,4H2,1H3,(H,13,14). The van der Waals surface area contributed by atoms with E-state index in [-0.39, 0.29) is 22.2 Å². The lowest BCUT2D eigenvalue weighted by atomic mass is 10.3. The van der Waals surface area contributed by atoms with Crippen molar-refractivity contribution in [1.82, 2.24) is 4.98 Å². The Morgan fingerprint density at radius 2 is 2.22 bits per heavy atom. The van der Waals surface area contributed by atoms with E-state index < -0.39 is 16.9 Å². The van der Waals surface area contributed by atoms with Gasteiger partial charge in [0, 0.05) is 6.07 Å². The highest BCUT2D eigenvalue weighted by molar-refractivity contribution is 8.00. The molecule has 0 aromatic carbocycles. The van der Waals surface area contributed by atoms with E-state index in [1.54, 1.807) is 0 Å². The van der Waals surface area contributed by atoms with E-state index in [1.165, 1.54) is 7.11 Å². The highest BCUT2D eigenvalue weighted by Gasteiger charge is 2.19. The van der Waals surface area contributed by atoms with Crippen LogP contribution in [0.3, 0.4) is 0 Å². The number of carbonyl (C=O) groups excluding carboxylic acids is 1. The highest BCUT2D eigenvalue weighted by Crippen LogP contribution is 2.27. The van der Waals surface area contributed by atoms with E-state index in [9.17, 15) is 19.7 Å². The summed E-state index contributed by atoms with van der Waals surface area (Å²) in [5.41, 5.74) is -0.679. The number of carbonyl (C=O) groups is 2. The molecule has 1 aromatic heterocycles. The van der Waals surface area contributed by atoms with E-state index in [1.807, 2.05) is 0 Å². The Morgan fingerprint density at radius 1 is 1.56 bits per heavy atom. The maximum absolute atomic E-state index is 10.9. The Balaban J connectivity index is 3.03. The predicted molar refractivity (Wildman–Crippen MR) is 60.6 cm³/mol. The molecular formula is C9H8N2O6S. The molecule has 0 amide bonds. The normalized spacial score (nSPS) is 9.83. The van der Waals surface area contributed by atoms with Crippen molar-refractivity contribution in [3.05, 3.63) is 27.9 Å². The topological polar surface area (TPSA) is 120 Å². The molecule has 1 N–H and O–H groups in total. The second-order valence-corrected chi connectivity index (χ2v) is 3.91. The number of aromatic nitrogens is 1. The van der Waals surface area contributed by atoms with Crippen LogP contribution in [0.25, 0.3) is 0 Å². The number of aromatic carboxylic acids is 1. The number of hydrogen-bond acceptors (Lipinski definition) is 7. The third kappa shape index (κ3) is 3.42. The Hall–Kier alpha value is -2.16. The average Bonchev–Trinajstić information content (AvgIpc) is 2.35. The minimum Gasteiger partial charge on any atom is -0.477 e. The Kier molecular flexibility index (Phi) is 4.60. The van der Waals surface area contributed by atoms with Crippen molar-refractivity contribution >= 4 is 29.4 Å². The minimum atomic E-state index is -1.30. The fraction of sp³-hybridized carbons (Fsp3) is 0.222. The summed E-state index contributed by atoms with van der Waals surface area (Å²) in [7, 11) is 1.18. The lowest BCUT2D eigenvalue weighted by Gasteiger charge is -2.02. The molecule has 0 fully saturated rings. The Labute approximate surface area is 105 Å². The predicted octanol–water partition coefficient (Wildman–Crippen LogP) is 0.953. The summed E-state index contributed by atoms with van der Waals surface area (Å²) in [6.45, 7) is 0. The molecule has 0 saturated heterocycles. The average molecular weight is 272 g/mol. The molecule has 9 heteroatoms. The van der Waals surface area contributed by atoms with Crippen molar-refractivity contribution in [2.24, 2.45) is 0 Å². The second kappa shape index (κ2) is 5.96. The van der Waals surface area contributed by atoms with Crippen molar-refractivity contribution in [3.8, 4) is 0 Å². The second-order valence-electron chi connectivity index (χ2n) is 2.95. The summed E-state index contributed by atoms with van der Waals surface area (Å²) in [6.07, 6.45) is 0. The number of pyridine rings is 1. The van der Waals surface area contributed by atoms with E-state index >= 15 is 0 Å². The minimum absolute atomic E-state index is 0.134. The molecule has 0 atom stereocenters. The number of ether oxygens (including phenoxy) is 1. The van der Waals surface area contributed by atoms with Gasteiger partial charge in [-0.05, 0) is 6.07 Å². The van der Waals surface area contributed by atoms with Crippen LogP contribution in [-0.2, 0) is 9.53 Å². The summed E-state index contributed by atoms with van der Waals surface area (Å²) in [4.78, 5) is 35.2. The van der Waals surface area contributed by atoms with Crippen LogP contribution in [0.4, 0.5) is 5.69 Å². The van der Waals surface area contributed by atoms with Crippen LogP contribution in [0.2, 0.25) is 0 Å². The van der Waals surface area contributed by atoms with Crippen LogP contribution in [0, 0.1) is 10.1 Å². The zero-order valence-electron chi connectivity index (χ0n) is 9.15. The van der Waals surface area contributed by atoms with Gasteiger partial charge >= 0.3 is 17.6 Å². The lowest BCUT2D eigenvalue weighted by Crippen LogP contribution is -2.06. The summed E-state index contributed by atoms with van der Waals surface area (Å²) in [6, 6.07) is 2.07. The van der Waals surface area contributed by atoms with E-state index in [0.29, 0.717) is 0 Å². The molecule has 0 radical (unpaired) electrons. The van der Waals surface area contributed by atoms with Gasteiger partial charge in [-0.25, -0.2) is 9.78 Å². The third-order valence-electron chi connectivity index (χ3n) is 1.81. The summed E-state index contributed by atoms with van der Waals surface area (Å²) in [5.74, 6) is -2.07. The first-order chi connectivity index (χ1) is 8.45. The van der Waals surface area contributed by atoms with Crippen molar-refractivity contribution in [1.29, 1.82) is 0 Å². The van der Waals surface area contributed by atoms with E-state index in [0.717, 1.165) is 23.9 Å². The number of nitrogens with zero attached hydrogens (tertiary/aromatic N) is 2. The quantitative estimate of drug-likeness (QED) is 0.364. The van der Waals surface area contributed by atoms with Gasteiger partial charge in [0.25, 0.3) is 0 Å². The molecule has 0 aliphatic heterocycles. The lowest BCUT2D eigenvalue weighted by molar-refractivity contribution is -0.388. The maximum atomic E-state index is 10.9. The molecule has 0 aliphatic carbocycles. The van der Waals surface area contributed by atoms with Gasteiger partial charge < -0.3 is 9.84 Å². The monoisotopic (exact) mass is 272 g/mol. The van der Waals surface area contributed by atoms with Gasteiger partial charge in [0.2, 0.25) is 0 Å². The van der Waals surface area contributed by atoms with Crippen LogP contribution >= 0.6 is 11.8 Å².